The molecular weight excluding hydrogens is 306 g/mol. The normalized spacial score (nSPS) is 10.0. The fourth-order valence-electron chi connectivity index (χ4n) is 1.86. The summed E-state index contributed by atoms with van der Waals surface area (Å²) in [5, 5.41) is 6.51. The molecule has 21 heavy (non-hydrogen) atoms. The standard InChI is InChI=1S/C15H14ClN3OS/c1-9(20)18-11-3-2-4-12(8-11)19-14-6-5-10(16)7-13(14)15(17)21/h2-8,19H,1H3,(H2,17,21)(H,18,20). The smallest absolute Gasteiger partial charge is 0.221 e. The van der Waals surface area contributed by atoms with Crippen LogP contribution in [0, 0.1) is 0 Å². The minimum Gasteiger partial charge on any atom is -0.389 e. The molecule has 0 heterocycles. The Labute approximate surface area is 133 Å². The van der Waals surface area contributed by atoms with Crippen LogP contribution in [-0.4, -0.2) is 10.9 Å². The molecule has 2 rings (SSSR count). The average molecular weight is 320 g/mol. The van der Waals surface area contributed by atoms with Crippen LogP contribution in [0.5, 0.6) is 0 Å². The summed E-state index contributed by atoms with van der Waals surface area (Å²) in [6.07, 6.45) is 0. The maximum absolute atomic E-state index is 11.1. The maximum Gasteiger partial charge on any atom is 0.221 e. The van der Waals surface area contributed by atoms with Crippen molar-refractivity contribution in [2.75, 3.05) is 10.6 Å². The Bertz CT molecular complexity index is 703. The summed E-state index contributed by atoms with van der Waals surface area (Å²) in [6.45, 7) is 1.46. The van der Waals surface area contributed by atoms with Crippen LogP contribution in [0.25, 0.3) is 0 Å². The SMILES string of the molecule is CC(=O)Nc1cccc(Nc2ccc(Cl)cc2C(N)=S)c1. The van der Waals surface area contributed by atoms with Crippen LogP contribution in [0.1, 0.15) is 12.5 Å². The van der Waals surface area contributed by atoms with E-state index in [4.69, 9.17) is 29.6 Å². The lowest BCUT2D eigenvalue weighted by molar-refractivity contribution is -0.114. The van der Waals surface area contributed by atoms with Crippen molar-refractivity contribution in [3.8, 4) is 0 Å². The van der Waals surface area contributed by atoms with Crippen LogP contribution in [0.15, 0.2) is 42.5 Å². The fourth-order valence-corrected chi connectivity index (χ4v) is 2.20. The Morgan fingerprint density at radius 1 is 1.19 bits per heavy atom. The molecular formula is C15H14ClN3OS. The molecule has 0 bridgehead atoms. The first-order valence-electron chi connectivity index (χ1n) is 6.20. The monoisotopic (exact) mass is 319 g/mol. The molecule has 0 saturated carbocycles. The summed E-state index contributed by atoms with van der Waals surface area (Å²) in [5.74, 6) is -0.123. The van der Waals surface area contributed by atoms with Crippen LogP contribution in [0.3, 0.4) is 0 Å². The van der Waals surface area contributed by atoms with Crippen LogP contribution in [-0.2, 0) is 4.79 Å². The molecule has 0 aromatic heterocycles. The van der Waals surface area contributed by atoms with Crippen LogP contribution >= 0.6 is 23.8 Å². The molecule has 6 heteroatoms. The number of benzene rings is 2. The molecule has 0 unspecified atom stereocenters. The second-order valence-electron chi connectivity index (χ2n) is 4.44. The van der Waals surface area contributed by atoms with Gasteiger partial charge in [0.1, 0.15) is 4.99 Å². The van der Waals surface area contributed by atoms with E-state index in [0.29, 0.717) is 16.3 Å². The molecule has 2 aromatic carbocycles. The molecule has 0 spiro atoms. The highest BCUT2D eigenvalue weighted by atomic mass is 35.5. The van der Waals surface area contributed by atoms with E-state index in [-0.39, 0.29) is 10.9 Å². The van der Waals surface area contributed by atoms with Gasteiger partial charge in [0.15, 0.2) is 0 Å². The summed E-state index contributed by atoms with van der Waals surface area (Å²) in [6, 6.07) is 12.6. The number of amides is 1. The van der Waals surface area contributed by atoms with E-state index in [1.165, 1.54) is 6.92 Å². The largest absolute Gasteiger partial charge is 0.389 e. The van der Waals surface area contributed by atoms with Crippen molar-refractivity contribution in [2.24, 2.45) is 5.73 Å². The molecule has 0 atom stereocenters. The highest BCUT2D eigenvalue weighted by molar-refractivity contribution is 7.80. The molecule has 0 fully saturated rings. The predicted octanol–water partition coefficient (Wildman–Crippen LogP) is 3.68. The predicted molar refractivity (Wildman–Crippen MR) is 91.4 cm³/mol. The van der Waals surface area contributed by atoms with E-state index in [0.717, 1.165) is 11.4 Å². The molecule has 2 aromatic rings. The van der Waals surface area contributed by atoms with Crippen molar-refractivity contribution in [2.45, 2.75) is 6.92 Å². The number of nitrogens with one attached hydrogen (secondary N) is 2. The highest BCUT2D eigenvalue weighted by Crippen LogP contribution is 2.25. The van der Waals surface area contributed by atoms with Crippen molar-refractivity contribution >= 4 is 51.8 Å². The van der Waals surface area contributed by atoms with E-state index in [9.17, 15) is 4.79 Å². The lowest BCUT2D eigenvalue weighted by atomic mass is 10.1. The summed E-state index contributed by atoms with van der Waals surface area (Å²) >= 11 is 11.0. The fraction of sp³-hybridized carbons (Fsp3) is 0.0667. The molecule has 0 aliphatic rings. The van der Waals surface area contributed by atoms with Gasteiger partial charge in [-0.1, -0.05) is 29.9 Å². The molecule has 108 valence electrons. The number of thiocarbonyl (C=S) groups is 1. The Balaban J connectivity index is 2.30. The second-order valence-corrected chi connectivity index (χ2v) is 5.32. The van der Waals surface area contributed by atoms with Crippen molar-refractivity contribution < 1.29 is 4.79 Å². The van der Waals surface area contributed by atoms with E-state index in [1.54, 1.807) is 12.1 Å². The number of anilines is 3. The topological polar surface area (TPSA) is 67.2 Å². The zero-order chi connectivity index (χ0) is 15.4. The number of hydrogen-bond donors (Lipinski definition) is 3. The van der Waals surface area contributed by atoms with E-state index < -0.39 is 0 Å². The average Bonchev–Trinajstić information content (AvgIpc) is 2.40. The summed E-state index contributed by atoms with van der Waals surface area (Å²) in [4.78, 5) is 11.3. The van der Waals surface area contributed by atoms with Gasteiger partial charge in [-0.25, -0.2) is 0 Å². The van der Waals surface area contributed by atoms with Crippen LogP contribution in [0.4, 0.5) is 17.1 Å². The Morgan fingerprint density at radius 3 is 2.57 bits per heavy atom. The van der Waals surface area contributed by atoms with E-state index >= 15 is 0 Å². The minimum atomic E-state index is -0.123. The molecule has 4 N–H and O–H groups in total. The van der Waals surface area contributed by atoms with Gasteiger partial charge in [0.25, 0.3) is 0 Å². The first kappa shape index (κ1) is 15.3. The number of carbonyl (C=O) groups is 1. The van der Waals surface area contributed by atoms with Gasteiger partial charge in [0.05, 0.1) is 0 Å². The van der Waals surface area contributed by atoms with Crippen LogP contribution in [0.2, 0.25) is 5.02 Å². The number of carbonyl (C=O) groups excluding carboxylic acids is 1. The van der Waals surface area contributed by atoms with E-state index in [1.807, 2.05) is 30.3 Å². The minimum absolute atomic E-state index is 0.123. The van der Waals surface area contributed by atoms with Gasteiger partial charge >= 0.3 is 0 Å². The molecule has 0 radical (unpaired) electrons. The first-order chi connectivity index (χ1) is 9.95. The Kier molecular flexibility index (Phi) is 4.77. The van der Waals surface area contributed by atoms with Gasteiger partial charge in [0, 0.05) is 34.6 Å². The van der Waals surface area contributed by atoms with Crippen molar-refractivity contribution in [3.05, 3.63) is 53.1 Å². The second kappa shape index (κ2) is 6.56. The Hall–Kier alpha value is -2.11. The number of nitrogens with two attached hydrogens (primary N) is 1. The van der Waals surface area contributed by atoms with Crippen LogP contribution < -0.4 is 16.4 Å². The number of rotatable bonds is 4. The number of hydrogen-bond acceptors (Lipinski definition) is 3. The van der Waals surface area contributed by atoms with Gasteiger partial charge in [-0.2, -0.15) is 0 Å². The van der Waals surface area contributed by atoms with Crippen molar-refractivity contribution in [1.29, 1.82) is 0 Å². The molecule has 0 aliphatic heterocycles. The zero-order valence-electron chi connectivity index (χ0n) is 11.3. The lowest BCUT2D eigenvalue weighted by Crippen LogP contribution is -2.12. The highest BCUT2D eigenvalue weighted by Gasteiger charge is 2.07. The quantitative estimate of drug-likeness (QED) is 0.752. The molecule has 0 aliphatic carbocycles. The molecule has 1 amide bonds. The summed E-state index contributed by atoms with van der Waals surface area (Å²) < 4.78 is 0. The molecule has 4 nitrogen and oxygen atoms in total. The van der Waals surface area contributed by atoms with Crippen molar-refractivity contribution in [3.63, 3.8) is 0 Å². The molecule has 0 saturated heterocycles. The van der Waals surface area contributed by atoms with Gasteiger partial charge < -0.3 is 16.4 Å². The maximum atomic E-state index is 11.1. The summed E-state index contributed by atoms with van der Waals surface area (Å²) in [5.41, 5.74) is 8.65. The van der Waals surface area contributed by atoms with Crippen molar-refractivity contribution in [1.82, 2.24) is 0 Å². The lowest BCUT2D eigenvalue weighted by Gasteiger charge is -2.13. The third kappa shape index (κ3) is 4.18. The van der Waals surface area contributed by atoms with Gasteiger partial charge in [-0.05, 0) is 36.4 Å². The van der Waals surface area contributed by atoms with Gasteiger partial charge in [-0.15, -0.1) is 0 Å². The van der Waals surface area contributed by atoms with Gasteiger partial charge in [0.2, 0.25) is 5.91 Å². The number of halogens is 1. The first-order valence-corrected chi connectivity index (χ1v) is 6.98. The zero-order valence-corrected chi connectivity index (χ0v) is 12.9. The Morgan fingerprint density at radius 2 is 1.90 bits per heavy atom. The third-order valence-corrected chi connectivity index (χ3v) is 3.16. The van der Waals surface area contributed by atoms with E-state index in [2.05, 4.69) is 10.6 Å². The third-order valence-electron chi connectivity index (χ3n) is 2.71. The van der Waals surface area contributed by atoms with Gasteiger partial charge in [-0.3, -0.25) is 4.79 Å². The summed E-state index contributed by atoms with van der Waals surface area (Å²) in [7, 11) is 0.